The summed E-state index contributed by atoms with van der Waals surface area (Å²) in [5.41, 5.74) is 6.13. The van der Waals surface area contributed by atoms with Crippen molar-refractivity contribution < 1.29 is 9.59 Å². The third-order valence-electron chi connectivity index (χ3n) is 4.91. The molecule has 1 aliphatic heterocycles. The van der Waals surface area contributed by atoms with Gasteiger partial charge in [0.15, 0.2) is 0 Å². The molecular formula is C14H25N3O2. The van der Waals surface area contributed by atoms with E-state index in [-0.39, 0.29) is 24.3 Å². The predicted octanol–water partition coefficient (Wildman–Crippen LogP) is 0.200. The van der Waals surface area contributed by atoms with Crippen molar-refractivity contribution in [2.24, 2.45) is 28.9 Å². The molecule has 3 N–H and O–H groups in total. The number of likely N-dealkylation sites (tertiary alicyclic amines) is 1. The monoisotopic (exact) mass is 267 g/mol. The van der Waals surface area contributed by atoms with Gasteiger partial charge in [-0.05, 0) is 23.2 Å². The lowest BCUT2D eigenvalue weighted by molar-refractivity contribution is -0.133. The fourth-order valence-corrected chi connectivity index (χ4v) is 3.03. The van der Waals surface area contributed by atoms with Crippen LogP contribution < -0.4 is 11.1 Å². The first kappa shape index (κ1) is 14.3. The SMILES string of the molecule is CC(C)[C@H](N)C(=O)NCC(=O)N1CC2C(C1)C2(C)C. The minimum Gasteiger partial charge on any atom is -0.346 e. The quantitative estimate of drug-likeness (QED) is 0.764. The Kier molecular flexibility index (Phi) is 3.60. The molecule has 5 heteroatoms. The summed E-state index contributed by atoms with van der Waals surface area (Å²) in [4.78, 5) is 25.5. The zero-order chi connectivity index (χ0) is 14.4. The van der Waals surface area contributed by atoms with Crippen LogP contribution in [0.25, 0.3) is 0 Å². The van der Waals surface area contributed by atoms with E-state index in [1.807, 2.05) is 18.7 Å². The van der Waals surface area contributed by atoms with Gasteiger partial charge in [0.1, 0.15) is 0 Å². The van der Waals surface area contributed by atoms with Crippen LogP contribution in [0, 0.1) is 23.2 Å². The van der Waals surface area contributed by atoms with Crippen LogP contribution in [0.2, 0.25) is 0 Å². The average molecular weight is 267 g/mol. The third kappa shape index (κ3) is 2.61. The third-order valence-corrected chi connectivity index (χ3v) is 4.91. The Morgan fingerprint density at radius 2 is 1.84 bits per heavy atom. The maximum Gasteiger partial charge on any atom is 0.241 e. The van der Waals surface area contributed by atoms with Crippen molar-refractivity contribution in [3.63, 3.8) is 0 Å². The average Bonchev–Trinajstić information content (AvgIpc) is 2.73. The number of rotatable bonds is 4. The molecule has 2 unspecified atom stereocenters. The Hall–Kier alpha value is -1.10. The number of fused-ring (bicyclic) bond motifs is 1. The molecule has 0 radical (unpaired) electrons. The van der Waals surface area contributed by atoms with Crippen molar-refractivity contribution in [3.8, 4) is 0 Å². The summed E-state index contributed by atoms with van der Waals surface area (Å²) in [7, 11) is 0. The molecule has 0 spiro atoms. The summed E-state index contributed by atoms with van der Waals surface area (Å²) in [6, 6.07) is -0.543. The van der Waals surface area contributed by atoms with E-state index in [4.69, 9.17) is 5.73 Å². The standard InChI is InChI=1S/C14H25N3O2/c1-8(2)12(15)13(19)16-5-11(18)17-6-9-10(7-17)14(9,3)4/h8-10,12H,5-7,15H2,1-4H3,(H,16,19)/t9?,10?,12-/m0/s1. The lowest BCUT2D eigenvalue weighted by Gasteiger charge is -2.23. The van der Waals surface area contributed by atoms with Crippen LogP contribution in [0.1, 0.15) is 27.7 Å². The largest absolute Gasteiger partial charge is 0.346 e. The van der Waals surface area contributed by atoms with Crippen molar-refractivity contribution in [1.82, 2.24) is 10.2 Å². The van der Waals surface area contributed by atoms with E-state index in [9.17, 15) is 9.59 Å². The molecule has 19 heavy (non-hydrogen) atoms. The van der Waals surface area contributed by atoms with Gasteiger partial charge >= 0.3 is 0 Å². The Bertz CT molecular complexity index is 378. The van der Waals surface area contributed by atoms with Crippen molar-refractivity contribution in [2.75, 3.05) is 19.6 Å². The van der Waals surface area contributed by atoms with Gasteiger partial charge in [-0.25, -0.2) is 0 Å². The summed E-state index contributed by atoms with van der Waals surface area (Å²) in [5.74, 6) is 1.13. The molecule has 1 aliphatic carbocycles. The minimum absolute atomic E-state index is 0.00676. The molecule has 0 aromatic carbocycles. The number of carbonyl (C=O) groups excluding carboxylic acids is 2. The fourth-order valence-electron chi connectivity index (χ4n) is 3.03. The summed E-state index contributed by atoms with van der Waals surface area (Å²) in [5, 5.41) is 2.64. The molecule has 2 aliphatic rings. The number of amides is 2. The molecule has 5 nitrogen and oxygen atoms in total. The van der Waals surface area contributed by atoms with Crippen LogP contribution in [0.15, 0.2) is 0 Å². The lowest BCUT2D eigenvalue weighted by atomic mass is 10.1. The van der Waals surface area contributed by atoms with Gasteiger partial charge in [-0.15, -0.1) is 0 Å². The van der Waals surface area contributed by atoms with E-state index in [0.717, 1.165) is 13.1 Å². The highest BCUT2D eigenvalue weighted by Crippen LogP contribution is 2.61. The Morgan fingerprint density at radius 1 is 1.32 bits per heavy atom. The first-order valence-corrected chi connectivity index (χ1v) is 7.06. The molecule has 0 aromatic heterocycles. The van der Waals surface area contributed by atoms with Gasteiger partial charge in [0.2, 0.25) is 11.8 Å². The van der Waals surface area contributed by atoms with E-state index in [2.05, 4.69) is 19.2 Å². The van der Waals surface area contributed by atoms with Crippen LogP contribution in [-0.2, 0) is 9.59 Å². The highest BCUT2D eigenvalue weighted by Gasteiger charge is 2.62. The number of piperidine rings is 1. The molecule has 2 rings (SSSR count). The second-order valence-corrected chi connectivity index (χ2v) is 6.82. The fraction of sp³-hybridized carbons (Fsp3) is 0.857. The molecule has 0 aromatic rings. The number of nitrogens with two attached hydrogens (primary N) is 1. The molecule has 1 saturated heterocycles. The first-order chi connectivity index (χ1) is 8.75. The smallest absolute Gasteiger partial charge is 0.241 e. The normalized spacial score (nSPS) is 29.1. The minimum atomic E-state index is -0.543. The molecule has 0 bridgehead atoms. The summed E-state index contributed by atoms with van der Waals surface area (Å²) in [6.07, 6.45) is 0. The maximum absolute atomic E-state index is 12.0. The van der Waals surface area contributed by atoms with E-state index in [0.29, 0.717) is 17.3 Å². The highest BCUT2D eigenvalue weighted by molar-refractivity contribution is 5.87. The van der Waals surface area contributed by atoms with Crippen molar-refractivity contribution in [2.45, 2.75) is 33.7 Å². The van der Waals surface area contributed by atoms with Crippen LogP contribution in [0.3, 0.4) is 0 Å². The lowest BCUT2D eigenvalue weighted by Crippen LogP contribution is -2.48. The molecule has 2 fully saturated rings. The van der Waals surface area contributed by atoms with E-state index in [1.54, 1.807) is 0 Å². The first-order valence-electron chi connectivity index (χ1n) is 7.06. The molecule has 3 atom stereocenters. The second kappa shape index (κ2) is 4.78. The van der Waals surface area contributed by atoms with Crippen LogP contribution in [0.5, 0.6) is 0 Å². The highest BCUT2D eigenvalue weighted by atomic mass is 16.2. The van der Waals surface area contributed by atoms with Crippen LogP contribution >= 0.6 is 0 Å². The Labute approximate surface area is 114 Å². The topological polar surface area (TPSA) is 75.4 Å². The number of hydrogen-bond acceptors (Lipinski definition) is 3. The molecule has 108 valence electrons. The van der Waals surface area contributed by atoms with E-state index in [1.165, 1.54) is 0 Å². The maximum atomic E-state index is 12.0. The van der Waals surface area contributed by atoms with Gasteiger partial charge in [-0.3, -0.25) is 9.59 Å². The number of hydrogen-bond donors (Lipinski definition) is 2. The van der Waals surface area contributed by atoms with Crippen molar-refractivity contribution in [1.29, 1.82) is 0 Å². The van der Waals surface area contributed by atoms with Crippen molar-refractivity contribution >= 4 is 11.8 Å². The van der Waals surface area contributed by atoms with Gasteiger partial charge in [-0.2, -0.15) is 0 Å². The van der Waals surface area contributed by atoms with Crippen LogP contribution in [-0.4, -0.2) is 42.4 Å². The molecular weight excluding hydrogens is 242 g/mol. The predicted molar refractivity (Wildman–Crippen MR) is 73.2 cm³/mol. The van der Waals surface area contributed by atoms with Crippen LogP contribution in [0.4, 0.5) is 0 Å². The van der Waals surface area contributed by atoms with Gasteiger partial charge < -0.3 is 16.0 Å². The van der Waals surface area contributed by atoms with Gasteiger partial charge in [0.05, 0.1) is 12.6 Å². The molecule has 2 amide bonds. The molecule has 1 saturated carbocycles. The second-order valence-electron chi connectivity index (χ2n) is 6.82. The van der Waals surface area contributed by atoms with Crippen molar-refractivity contribution in [3.05, 3.63) is 0 Å². The Balaban J connectivity index is 1.74. The number of nitrogens with one attached hydrogen (secondary N) is 1. The van der Waals surface area contributed by atoms with Gasteiger partial charge in [0, 0.05) is 13.1 Å². The van der Waals surface area contributed by atoms with Gasteiger partial charge in [0.25, 0.3) is 0 Å². The van der Waals surface area contributed by atoms with Gasteiger partial charge in [-0.1, -0.05) is 27.7 Å². The van der Waals surface area contributed by atoms with E-state index < -0.39 is 6.04 Å². The zero-order valence-electron chi connectivity index (χ0n) is 12.3. The number of nitrogens with zero attached hydrogens (tertiary/aromatic N) is 1. The summed E-state index contributed by atoms with van der Waals surface area (Å²) >= 11 is 0. The number of carbonyl (C=O) groups is 2. The Morgan fingerprint density at radius 3 is 2.32 bits per heavy atom. The summed E-state index contributed by atoms with van der Waals surface area (Å²) < 4.78 is 0. The zero-order valence-corrected chi connectivity index (χ0v) is 12.3. The molecule has 1 heterocycles. The summed E-state index contributed by atoms with van der Waals surface area (Å²) in [6.45, 7) is 10.0. The van der Waals surface area contributed by atoms with E-state index >= 15 is 0 Å².